The van der Waals surface area contributed by atoms with Gasteiger partial charge in [0.1, 0.15) is 5.58 Å². The molecule has 1 aromatic heterocycles. The Kier molecular flexibility index (Phi) is 6.41. The number of furan rings is 1. The first-order chi connectivity index (χ1) is 13.8. The molecule has 0 spiro atoms. The van der Waals surface area contributed by atoms with Crippen molar-refractivity contribution in [2.24, 2.45) is 0 Å². The Labute approximate surface area is 175 Å². The van der Waals surface area contributed by atoms with E-state index < -0.39 is 24.4 Å². The van der Waals surface area contributed by atoms with Gasteiger partial charge in [0.25, 0.3) is 5.91 Å². The molecular weight excluding hydrogens is 419 g/mol. The Morgan fingerprint density at radius 3 is 2.66 bits per heavy atom. The molecule has 2 amide bonds. The number of carbonyl (C=O) groups is 3. The van der Waals surface area contributed by atoms with E-state index in [1.54, 1.807) is 43.3 Å². The monoisotopic (exact) mass is 434 g/mol. The van der Waals surface area contributed by atoms with E-state index in [1.807, 2.05) is 0 Å². The maximum absolute atomic E-state index is 12.0. The van der Waals surface area contributed by atoms with Gasteiger partial charge >= 0.3 is 5.97 Å². The first-order valence-electron chi connectivity index (χ1n) is 8.51. The largest absolute Gasteiger partial charge is 0.450 e. The standard InChI is InChI=1S/C20H16Cl2N2O5/c1-11-14(22)3-2-4-15(11)24-18(25)9-23-19(26)10-28-20(27)17-8-12-7-13(21)5-6-16(12)29-17/h2-8H,9-10H2,1H3,(H,23,26)(H,24,25). The minimum atomic E-state index is -0.800. The summed E-state index contributed by atoms with van der Waals surface area (Å²) in [6.45, 7) is 0.924. The number of benzene rings is 2. The van der Waals surface area contributed by atoms with E-state index in [1.165, 1.54) is 6.07 Å². The summed E-state index contributed by atoms with van der Waals surface area (Å²) < 4.78 is 10.3. The van der Waals surface area contributed by atoms with Crippen molar-refractivity contribution in [1.29, 1.82) is 0 Å². The number of hydrogen-bond donors (Lipinski definition) is 2. The first kappa shape index (κ1) is 20.7. The summed E-state index contributed by atoms with van der Waals surface area (Å²) in [6.07, 6.45) is 0. The van der Waals surface area contributed by atoms with E-state index in [-0.39, 0.29) is 12.3 Å². The maximum atomic E-state index is 12.0. The second-order valence-electron chi connectivity index (χ2n) is 6.11. The Morgan fingerprint density at radius 1 is 1.07 bits per heavy atom. The summed E-state index contributed by atoms with van der Waals surface area (Å²) in [7, 11) is 0. The molecule has 0 bridgehead atoms. The molecule has 150 valence electrons. The average molecular weight is 435 g/mol. The molecule has 29 heavy (non-hydrogen) atoms. The molecule has 0 saturated carbocycles. The fourth-order valence-electron chi connectivity index (χ4n) is 2.48. The number of hydrogen-bond acceptors (Lipinski definition) is 5. The molecule has 0 aliphatic carbocycles. The lowest BCUT2D eigenvalue weighted by Gasteiger charge is -2.10. The number of amides is 2. The number of esters is 1. The van der Waals surface area contributed by atoms with E-state index >= 15 is 0 Å². The van der Waals surface area contributed by atoms with Crippen molar-refractivity contribution < 1.29 is 23.5 Å². The van der Waals surface area contributed by atoms with Crippen LogP contribution < -0.4 is 10.6 Å². The SMILES string of the molecule is Cc1c(Cl)cccc1NC(=O)CNC(=O)COC(=O)c1cc2cc(Cl)ccc2o1. The van der Waals surface area contributed by atoms with E-state index in [0.29, 0.717) is 26.7 Å². The van der Waals surface area contributed by atoms with Gasteiger partial charge in [-0.25, -0.2) is 4.79 Å². The van der Waals surface area contributed by atoms with Gasteiger partial charge in [0.15, 0.2) is 6.61 Å². The molecule has 0 aliphatic heterocycles. The van der Waals surface area contributed by atoms with E-state index in [0.717, 1.165) is 5.56 Å². The molecule has 0 saturated heterocycles. The minimum absolute atomic E-state index is 0.0516. The third kappa shape index (κ3) is 5.28. The molecule has 7 nitrogen and oxygen atoms in total. The first-order valence-corrected chi connectivity index (χ1v) is 9.27. The summed E-state index contributed by atoms with van der Waals surface area (Å²) in [5.41, 5.74) is 1.74. The highest BCUT2D eigenvalue weighted by molar-refractivity contribution is 6.32. The molecule has 0 fully saturated rings. The van der Waals surface area contributed by atoms with Crippen molar-refractivity contribution in [2.75, 3.05) is 18.5 Å². The van der Waals surface area contributed by atoms with Gasteiger partial charge in [-0.1, -0.05) is 29.3 Å². The van der Waals surface area contributed by atoms with Crippen molar-refractivity contribution in [1.82, 2.24) is 5.32 Å². The van der Waals surface area contributed by atoms with Gasteiger partial charge in [0, 0.05) is 21.1 Å². The predicted octanol–water partition coefficient (Wildman–Crippen LogP) is 3.96. The van der Waals surface area contributed by atoms with Gasteiger partial charge in [0.2, 0.25) is 11.7 Å². The van der Waals surface area contributed by atoms with Gasteiger partial charge < -0.3 is 19.8 Å². The molecule has 1 heterocycles. The summed E-state index contributed by atoms with van der Waals surface area (Å²) in [6, 6.07) is 11.5. The molecule has 0 unspecified atom stereocenters. The Balaban J connectivity index is 1.47. The van der Waals surface area contributed by atoms with Crippen LogP contribution in [0, 0.1) is 6.92 Å². The lowest BCUT2D eigenvalue weighted by atomic mass is 10.2. The fourth-order valence-corrected chi connectivity index (χ4v) is 2.84. The predicted molar refractivity (Wildman–Crippen MR) is 109 cm³/mol. The third-order valence-electron chi connectivity index (χ3n) is 4.00. The number of halogens is 2. The molecule has 0 atom stereocenters. The Hall–Kier alpha value is -3.03. The van der Waals surface area contributed by atoms with Crippen LogP contribution in [0.4, 0.5) is 5.69 Å². The van der Waals surface area contributed by atoms with Crippen LogP contribution in [0.15, 0.2) is 46.9 Å². The van der Waals surface area contributed by atoms with Crippen LogP contribution in [-0.4, -0.2) is 30.9 Å². The van der Waals surface area contributed by atoms with Crippen LogP contribution >= 0.6 is 23.2 Å². The van der Waals surface area contributed by atoms with Crippen LogP contribution in [0.25, 0.3) is 11.0 Å². The number of fused-ring (bicyclic) bond motifs is 1. The van der Waals surface area contributed by atoms with E-state index in [4.69, 9.17) is 32.4 Å². The lowest BCUT2D eigenvalue weighted by Crippen LogP contribution is -2.35. The number of carbonyl (C=O) groups excluding carboxylic acids is 3. The van der Waals surface area contributed by atoms with Crippen molar-refractivity contribution >= 4 is 57.6 Å². The highest BCUT2D eigenvalue weighted by Crippen LogP contribution is 2.24. The number of rotatable bonds is 6. The maximum Gasteiger partial charge on any atom is 0.374 e. The lowest BCUT2D eigenvalue weighted by molar-refractivity contribution is -0.126. The van der Waals surface area contributed by atoms with Crippen LogP contribution in [-0.2, 0) is 14.3 Å². The highest BCUT2D eigenvalue weighted by atomic mass is 35.5. The van der Waals surface area contributed by atoms with E-state index in [9.17, 15) is 14.4 Å². The zero-order valence-electron chi connectivity index (χ0n) is 15.3. The molecule has 0 aliphatic rings. The van der Waals surface area contributed by atoms with Gasteiger partial charge in [-0.3, -0.25) is 9.59 Å². The molecule has 0 radical (unpaired) electrons. The van der Waals surface area contributed by atoms with Crippen LogP contribution in [0.3, 0.4) is 0 Å². The molecule has 9 heteroatoms. The third-order valence-corrected chi connectivity index (χ3v) is 4.65. The quantitative estimate of drug-likeness (QED) is 0.572. The van der Waals surface area contributed by atoms with Crippen molar-refractivity contribution in [3.05, 3.63) is 63.8 Å². The van der Waals surface area contributed by atoms with Crippen LogP contribution in [0.5, 0.6) is 0 Å². The number of ether oxygens (including phenoxy) is 1. The minimum Gasteiger partial charge on any atom is -0.450 e. The van der Waals surface area contributed by atoms with Crippen LogP contribution in [0.2, 0.25) is 10.0 Å². The van der Waals surface area contributed by atoms with Gasteiger partial charge in [0.05, 0.1) is 6.54 Å². The summed E-state index contributed by atoms with van der Waals surface area (Å²) in [4.78, 5) is 35.8. The van der Waals surface area contributed by atoms with Gasteiger partial charge in [-0.2, -0.15) is 0 Å². The van der Waals surface area contributed by atoms with Crippen molar-refractivity contribution in [3.8, 4) is 0 Å². The second-order valence-corrected chi connectivity index (χ2v) is 6.95. The average Bonchev–Trinajstić information content (AvgIpc) is 3.11. The summed E-state index contributed by atoms with van der Waals surface area (Å²) in [5.74, 6) is -1.92. The smallest absolute Gasteiger partial charge is 0.374 e. The van der Waals surface area contributed by atoms with Crippen molar-refractivity contribution in [3.63, 3.8) is 0 Å². The molecule has 3 aromatic rings. The molecular formula is C20H16Cl2N2O5. The second kappa shape index (κ2) is 8.98. The summed E-state index contributed by atoms with van der Waals surface area (Å²) in [5, 5.41) is 6.68. The Bertz CT molecular complexity index is 1090. The molecule has 3 rings (SSSR count). The van der Waals surface area contributed by atoms with Crippen molar-refractivity contribution in [2.45, 2.75) is 6.92 Å². The Morgan fingerprint density at radius 2 is 1.86 bits per heavy atom. The molecule has 2 N–H and O–H groups in total. The van der Waals surface area contributed by atoms with E-state index in [2.05, 4.69) is 10.6 Å². The summed E-state index contributed by atoms with van der Waals surface area (Å²) >= 11 is 11.9. The fraction of sp³-hybridized carbons (Fsp3) is 0.150. The van der Waals surface area contributed by atoms with Gasteiger partial charge in [-0.05, 0) is 48.9 Å². The number of nitrogens with one attached hydrogen (secondary N) is 2. The van der Waals surface area contributed by atoms with Gasteiger partial charge in [-0.15, -0.1) is 0 Å². The zero-order chi connectivity index (χ0) is 21.0. The van der Waals surface area contributed by atoms with Crippen LogP contribution in [0.1, 0.15) is 16.1 Å². The topological polar surface area (TPSA) is 97.6 Å². The normalized spacial score (nSPS) is 10.6. The zero-order valence-corrected chi connectivity index (χ0v) is 16.8. The highest BCUT2D eigenvalue weighted by Gasteiger charge is 2.16. The molecule has 2 aromatic carbocycles. The number of anilines is 1.